The third kappa shape index (κ3) is 6.73. The minimum Gasteiger partial charge on any atom is -0.323 e. The van der Waals surface area contributed by atoms with Gasteiger partial charge in [0.1, 0.15) is 0 Å². The standard InChI is InChI=1S/C62H57BN4/c1-61(2,3)43-33-35-48(36-34-43)64(53-32-20-22-42-21-16-17-29-50(42)53)49-37-38-52-55(41-49)65(45-23-10-7-11-24-45)56-39-44(62(4,5)6)40-57-58(56)63(52)60-59(66(57)46-25-12-8-13-26-46)51-30-18-19-31-54(51)67(60)47-27-14-9-15-28-47/h7-17,20-29,32-41H,18-19,30-31H2,1-6H3. The van der Waals surface area contributed by atoms with E-state index in [1.807, 2.05) is 0 Å². The van der Waals surface area contributed by atoms with Crippen LogP contribution < -0.4 is 31.2 Å². The molecule has 0 atom stereocenters. The highest BCUT2D eigenvalue weighted by Gasteiger charge is 2.48. The Morgan fingerprint density at radius 2 is 1.04 bits per heavy atom. The van der Waals surface area contributed by atoms with Gasteiger partial charge in [0, 0.05) is 62.2 Å². The van der Waals surface area contributed by atoms with Crippen LogP contribution in [0.15, 0.2) is 188 Å². The van der Waals surface area contributed by atoms with Crippen LogP contribution in [-0.4, -0.2) is 11.3 Å². The summed E-state index contributed by atoms with van der Waals surface area (Å²) in [4.78, 5) is 7.71. The zero-order valence-corrected chi connectivity index (χ0v) is 39.6. The zero-order valence-electron chi connectivity index (χ0n) is 39.6. The Kier molecular flexibility index (Phi) is 9.66. The monoisotopic (exact) mass is 868 g/mol. The summed E-state index contributed by atoms with van der Waals surface area (Å²) >= 11 is 0. The van der Waals surface area contributed by atoms with Gasteiger partial charge in [-0.25, -0.2) is 0 Å². The molecule has 0 N–H and O–H groups in total. The average molecular weight is 869 g/mol. The Hall–Kier alpha value is -7.24. The average Bonchev–Trinajstić information content (AvgIpc) is 3.69. The van der Waals surface area contributed by atoms with Crippen molar-refractivity contribution in [3.05, 3.63) is 210 Å². The Morgan fingerprint density at radius 3 is 1.72 bits per heavy atom. The van der Waals surface area contributed by atoms with Crippen molar-refractivity contribution in [3.63, 3.8) is 0 Å². The van der Waals surface area contributed by atoms with Crippen molar-refractivity contribution in [2.45, 2.75) is 78.1 Å². The first-order valence-electron chi connectivity index (χ1n) is 24.3. The minimum absolute atomic E-state index is 0.0362. The molecule has 0 radical (unpaired) electrons. The van der Waals surface area contributed by atoms with Crippen LogP contribution in [0.3, 0.4) is 0 Å². The second kappa shape index (κ2) is 15.7. The first-order chi connectivity index (χ1) is 32.5. The molecular formula is C62H57BN4. The van der Waals surface area contributed by atoms with Gasteiger partial charge < -0.3 is 19.3 Å². The lowest BCUT2D eigenvalue weighted by Gasteiger charge is -2.45. The maximum absolute atomic E-state index is 2.68. The van der Waals surface area contributed by atoms with Gasteiger partial charge in [-0.05, 0) is 148 Å². The molecule has 1 aliphatic carbocycles. The highest BCUT2D eigenvalue weighted by molar-refractivity contribution is 7.00. The van der Waals surface area contributed by atoms with Crippen molar-refractivity contribution in [2.24, 2.45) is 0 Å². The lowest BCUT2D eigenvalue weighted by atomic mass is 9.34. The number of benzene rings is 8. The number of aromatic nitrogens is 1. The van der Waals surface area contributed by atoms with E-state index in [9.17, 15) is 0 Å². The number of nitrogens with zero attached hydrogens (tertiary/aromatic N) is 4. The molecule has 0 spiro atoms. The van der Waals surface area contributed by atoms with Gasteiger partial charge in [-0.1, -0.05) is 151 Å². The van der Waals surface area contributed by atoms with Crippen LogP contribution in [0.1, 0.15) is 76.8 Å². The summed E-state index contributed by atoms with van der Waals surface area (Å²) in [6, 6.07) is 70.6. The van der Waals surface area contributed by atoms with Crippen molar-refractivity contribution >= 4 is 85.2 Å². The fourth-order valence-electron chi connectivity index (χ4n) is 11.3. The molecule has 0 fully saturated rings. The van der Waals surface area contributed by atoms with E-state index >= 15 is 0 Å². The second-order valence-electron chi connectivity index (χ2n) is 20.9. The molecule has 0 bridgehead atoms. The van der Waals surface area contributed by atoms with Crippen LogP contribution in [0.4, 0.5) is 51.2 Å². The molecule has 4 nitrogen and oxygen atoms in total. The summed E-state index contributed by atoms with van der Waals surface area (Å²) < 4.78 is 2.68. The van der Waals surface area contributed by atoms with Crippen molar-refractivity contribution in [1.29, 1.82) is 0 Å². The van der Waals surface area contributed by atoms with Crippen LogP contribution in [0.5, 0.6) is 0 Å². The fourth-order valence-corrected chi connectivity index (χ4v) is 11.3. The Balaban J connectivity index is 1.20. The number of hydrogen-bond donors (Lipinski definition) is 0. The van der Waals surface area contributed by atoms with Crippen LogP contribution in [0.2, 0.25) is 0 Å². The second-order valence-corrected chi connectivity index (χ2v) is 20.9. The molecule has 67 heavy (non-hydrogen) atoms. The largest absolute Gasteiger partial charge is 0.323 e. The van der Waals surface area contributed by atoms with E-state index in [0.717, 1.165) is 35.6 Å². The predicted molar refractivity (Wildman–Crippen MR) is 286 cm³/mol. The van der Waals surface area contributed by atoms with Gasteiger partial charge in [0.25, 0.3) is 6.71 Å². The van der Waals surface area contributed by atoms with Crippen LogP contribution in [-0.2, 0) is 23.7 Å². The Morgan fingerprint density at radius 1 is 0.478 bits per heavy atom. The molecule has 5 heteroatoms. The van der Waals surface area contributed by atoms with E-state index in [2.05, 4.69) is 249 Å². The lowest BCUT2D eigenvalue weighted by molar-refractivity contribution is 0.590. The van der Waals surface area contributed by atoms with Gasteiger partial charge in [-0.3, -0.25) is 0 Å². The van der Waals surface area contributed by atoms with E-state index in [1.54, 1.807) is 0 Å². The Labute approximate surface area is 396 Å². The van der Waals surface area contributed by atoms with Crippen LogP contribution in [0.25, 0.3) is 16.5 Å². The van der Waals surface area contributed by atoms with Crippen molar-refractivity contribution in [2.75, 3.05) is 14.7 Å². The molecule has 328 valence electrons. The highest BCUT2D eigenvalue weighted by atomic mass is 15.2. The molecule has 12 rings (SSSR count). The fraction of sp³-hybridized carbons (Fsp3) is 0.194. The van der Waals surface area contributed by atoms with E-state index in [-0.39, 0.29) is 17.5 Å². The third-order valence-corrected chi connectivity index (χ3v) is 14.6. The maximum atomic E-state index is 2.68. The van der Waals surface area contributed by atoms with Gasteiger partial charge in [-0.2, -0.15) is 0 Å². The lowest BCUT2D eigenvalue weighted by Crippen LogP contribution is -2.63. The number of para-hydroxylation sites is 3. The molecule has 0 unspecified atom stereocenters. The van der Waals surface area contributed by atoms with Gasteiger partial charge in [0.05, 0.1) is 11.4 Å². The SMILES string of the molecule is CC(C)(C)c1ccc(N(c2ccc3c(c2)N(c2ccccc2)c2cc(C(C)(C)C)cc4c2B3c2c(c3c(n2-c2ccccc2)CCCC3)N4c2ccccc2)c2cccc3ccccc23)cc1. The Bertz CT molecular complexity index is 3320. The molecular weight excluding hydrogens is 812 g/mol. The smallest absolute Gasteiger partial charge is 0.273 e. The third-order valence-electron chi connectivity index (χ3n) is 14.6. The normalized spacial score (nSPS) is 14.1. The molecule has 2 aliphatic heterocycles. The molecule has 3 aliphatic rings. The molecule has 3 heterocycles. The number of hydrogen-bond acceptors (Lipinski definition) is 3. The van der Waals surface area contributed by atoms with Crippen LogP contribution in [0, 0.1) is 0 Å². The maximum Gasteiger partial charge on any atom is 0.273 e. The van der Waals surface area contributed by atoms with Crippen molar-refractivity contribution < 1.29 is 0 Å². The number of rotatable bonds is 6. The minimum atomic E-state index is -0.117. The zero-order chi connectivity index (χ0) is 45.6. The van der Waals surface area contributed by atoms with Gasteiger partial charge >= 0.3 is 0 Å². The molecule has 8 aromatic carbocycles. The summed E-state index contributed by atoms with van der Waals surface area (Å²) in [7, 11) is 0. The van der Waals surface area contributed by atoms with E-state index < -0.39 is 0 Å². The number of anilines is 9. The highest BCUT2D eigenvalue weighted by Crippen LogP contribution is 2.50. The molecule has 0 saturated carbocycles. The molecule has 9 aromatic rings. The molecule has 0 amide bonds. The van der Waals surface area contributed by atoms with Gasteiger partial charge in [0.2, 0.25) is 0 Å². The van der Waals surface area contributed by atoms with Gasteiger partial charge in [0.15, 0.2) is 0 Å². The topological polar surface area (TPSA) is 14.7 Å². The first kappa shape index (κ1) is 41.2. The van der Waals surface area contributed by atoms with Gasteiger partial charge in [-0.15, -0.1) is 0 Å². The predicted octanol–water partition coefficient (Wildman–Crippen LogP) is 14.7. The van der Waals surface area contributed by atoms with Crippen molar-refractivity contribution in [1.82, 2.24) is 4.57 Å². The van der Waals surface area contributed by atoms with E-state index in [0.29, 0.717) is 0 Å². The van der Waals surface area contributed by atoms with E-state index in [1.165, 1.54) is 96.6 Å². The van der Waals surface area contributed by atoms with Crippen molar-refractivity contribution in [3.8, 4) is 5.69 Å². The van der Waals surface area contributed by atoms with E-state index in [4.69, 9.17) is 0 Å². The summed E-state index contributed by atoms with van der Waals surface area (Å²) in [6.07, 6.45) is 4.49. The summed E-state index contributed by atoms with van der Waals surface area (Å²) in [6.45, 7) is 13.9. The summed E-state index contributed by atoms with van der Waals surface area (Å²) in [5.74, 6) is 0. The summed E-state index contributed by atoms with van der Waals surface area (Å²) in [5, 5.41) is 2.44. The number of fused-ring (bicyclic) bond motifs is 7. The first-order valence-corrected chi connectivity index (χ1v) is 24.3. The quantitative estimate of drug-likeness (QED) is 0.155. The summed E-state index contributed by atoms with van der Waals surface area (Å²) in [5.41, 5.74) is 21.6. The molecule has 0 saturated heterocycles. The molecule has 1 aromatic heterocycles. The van der Waals surface area contributed by atoms with Crippen LogP contribution >= 0.6 is 0 Å².